The van der Waals surface area contributed by atoms with Crippen molar-refractivity contribution in [1.29, 1.82) is 0 Å². The lowest BCUT2D eigenvalue weighted by molar-refractivity contribution is -0.131. The van der Waals surface area contributed by atoms with E-state index in [2.05, 4.69) is 5.10 Å². The van der Waals surface area contributed by atoms with E-state index in [4.69, 9.17) is 0 Å². The highest BCUT2D eigenvalue weighted by Gasteiger charge is 2.32. The molecule has 158 valence electrons. The Hall–Kier alpha value is -2.96. The third-order valence-corrected chi connectivity index (χ3v) is 6.01. The quantitative estimate of drug-likeness (QED) is 0.779. The van der Waals surface area contributed by atoms with Gasteiger partial charge in [0.2, 0.25) is 5.91 Å². The summed E-state index contributed by atoms with van der Waals surface area (Å²) in [5, 5.41) is 4.30. The van der Waals surface area contributed by atoms with Crippen LogP contribution in [0.4, 0.5) is 5.69 Å². The predicted octanol–water partition coefficient (Wildman–Crippen LogP) is 2.63. The van der Waals surface area contributed by atoms with Gasteiger partial charge in [-0.15, -0.1) is 0 Å². The van der Waals surface area contributed by atoms with E-state index >= 15 is 0 Å². The second-order valence-corrected chi connectivity index (χ2v) is 8.18. The van der Waals surface area contributed by atoms with E-state index in [0.717, 1.165) is 56.4 Å². The Morgan fingerprint density at radius 2 is 1.77 bits per heavy atom. The maximum absolute atomic E-state index is 13.2. The number of aryl methyl sites for hydroxylation is 1. The second kappa shape index (κ2) is 8.81. The molecule has 0 N–H and O–H groups in total. The number of carbonyl (C=O) groups is 2. The number of fused-ring (bicyclic) bond motifs is 1. The van der Waals surface area contributed by atoms with Crippen LogP contribution in [0.15, 0.2) is 41.2 Å². The minimum Gasteiger partial charge on any atom is -0.343 e. The van der Waals surface area contributed by atoms with Crippen LogP contribution in [-0.4, -0.2) is 45.6 Å². The van der Waals surface area contributed by atoms with Gasteiger partial charge in [-0.05, 0) is 43.9 Å². The third kappa shape index (κ3) is 4.15. The van der Waals surface area contributed by atoms with Gasteiger partial charge >= 0.3 is 0 Å². The fraction of sp³-hybridized carbons (Fsp3) is 0.478. The second-order valence-electron chi connectivity index (χ2n) is 8.18. The van der Waals surface area contributed by atoms with Gasteiger partial charge in [0.15, 0.2) is 0 Å². The van der Waals surface area contributed by atoms with Crippen molar-refractivity contribution < 1.29 is 9.59 Å². The maximum Gasteiger partial charge on any atom is 0.278 e. The van der Waals surface area contributed by atoms with Crippen LogP contribution in [0.3, 0.4) is 0 Å². The number of hydrogen-bond donors (Lipinski definition) is 0. The molecule has 3 heterocycles. The summed E-state index contributed by atoms with van der Waals surface area (Å²) in [7, 11) is 0. The van der Waals surface area contributed by atoms with Crippen LogP contribution < -0.4 is 10.5 Å². The number of amides is 2. The van der Waals surface area contributed by atoms with Crippen molar-refractivity contribution in [2.45, 2.75) is 58.0 Å². The fourth-order valence-corrected chi connectivity index (χ4v) is 4.40. The SMILES string of the molecule is C[C@@H]1Cc2ccccc2N1C(=O)c1ccc(=O)n(CCC(=O)N2CCCCCC2)n1. The Morgan fingerprint density at radius 1 is 1.03 bits per heavy atom. The van der Waals surface area contributed by atoms with Gasteiger partial charge in [-0.25, -0.2) is 4.68 Å². The number of aromatic nitrogens is 2. The molecule has 2 aliphatic heterocycles. The van der Waals surface area contributed by atoms with Gasteiger partial charge in [0.05, 0.1) is 6.54 Å². The molecule has 7 heteroatoms. The van der Waals surface area contributed by atoms with E-state index in [1.54, 1.807) is 4.90 Å². The van der Waals surface area contributed by atoms with Crippen molar-refractivity contribution in [2.75, 3.05) is 18.0 Å². The molecular formula is C23H28N4O3. The highest BCUT2D eigenvalue weighted by Crippen LogP contribution is 2.32. The standard InChI is InChI=1S/C23H28N4O3/c1-17-16-18-8-4-5-9-20(18)27(17)23(30)19-10-11-22(29)26(24-19)15-12-21(28)25-13-6-2-3-7-14-25/h4-5,8-11,17H,2-3,6-7,12-16H2,1H3/t17-/m1/s1. The first kappa shape index (κ1) is 20.3. The van der Waals surface area contributed by atoms with E-state index in [0.29, 0.717) is 0 Å². The first-order valence-corrected chi connectivity index (χ1v) is 10.8. The van der Waals surface area contributed by atoms with E-state index in [1.807, 2.05) is 36.1 Å². The number of para-hydroxylation sites is 1. The molecular weight excluding hydrogens is 380 g/mol. The van der Waals surface area contributed by atoms with Crippen molar-refractivity contribution in [3.05, 3.63) is 58.0 Å². The molecule has 1 fully saturated rings. The first-order chi connectivity index (χ1) is 14.5. The topological polar surface area (TPSA) is 75.5 Å². The highest BCUT2D eigenvalue weighted by atomic mass is 16.2. The van der Waals surface area contributed by atoms with Gasteiger partial charge in [-0.2, -0.15) is 5.10 Å². The lowest BCUT2D eigenvalue weighted by Crippen LogP contribution is -2.38. The fourth-order valence-electron chi connectivity index (χ4n) is 4.40. The molecule has 1 saturated heterocycles. The monoisotopic (exact) mass is 408 g/mol. The molecule has 0 unspecified atom stereocenters. The van der Waals surface area contributed by atoms with E-state index < -0.39 is 0 Å². The Bertz CT molecular complexity index is 992. The van der Waals surface area contributed by atoms with Crippen LogP contribution in [-0.2, 0) is 17.8 Å². The highest BCUT2D eigenvalue weighted by molar-refractivity contribution is 6.06. The van der Waals surface area contributed by atoms with E-state index in [-0.39, 0.29) is 42.1 Å². The third-order valence-electron chi connectivity index (χ3n) is 6.01. The van der Waals surface area contributed by atoms with E-state index in [9.17, 15) is 14.4 Å². The molecule has 7 nitrogen and oxygen atoms in total. The molecule has 2 aromatic rings. The van der Waals surface area contributed by atoms with Gasteiger partial charge < -0.3 is 9.80 Å². The largest absolute Gasteiger partial charge is 0.343 e. The van der Waals surface area contributed by atoms with Crippen molar-refractivity contribution in [1.82, 2.24) is 14.7 Å². The molecule has 30 heavy (non-hydrogen) atoms. The summed E-state index contributed by atoms with van der Waals surface area (Å²) in [4.78, 5) is 41.6. The zero-order valence-electron chi connectivity index (χ0n) is 17.4. The minimum absolute atomic E-state index is 0.0293. The summed E-state index contributed by atoms with van der Waals surface area (Å²) in [6.45, 7) is 3.76. The van der Waals surface area contributed by atoms with Crippen LogP contribution in [0.25, 0.3) is 0 Å². The Labute approximate surface area is 176 Å². The molecule has 2 amide bonds. The molecule has 0 spiro atoms. The average Bonchev–Trinajstić information content (AvgIpc) is 2.91. The molecule has 0 radical (unpaired) electrons. The number of rotatable bonds is 4. The van der Waals surface area contributed by atoms with Gasteiger partial charge in [0.1, 0.15) is 5.69 Å². The van der Waals surface area contributed by atoms with Gasteiger partial charge in [0, 0.05) is 37.3 Å². The van der Waals surface area contributed by atoms with Crippen LogP contribution >= 0.6 is 0 Å². The summed E-state index contributed by atoms with van der Waals surface area (Å²) in [5.74, 6) is -0.176. The average molecular weight is 409 g/mol. The minimum atomic E-state index is -0.301. The summed E-state index contributed by atoms with van der Waals surface area (Å²) >= 11 is 0. The number of nitrogens with zero attached hydrogens (tertiary/aromatic N) is 4. The van der Waals surface area contributed by atoms with Crippen molar-refractivity contribution >= 4 is 17.5 Å². The lowest BCUT2D eigenvalue weighted by atomic mass is 10.1. The number of anilines is 1. The predicted molar refractivity (Wildman–Crippen MR) is 115 cm³/mol. The summed E-state index contributed by atoms with van der Waals surface area (Å²) in [6, 6.07) is 10.7. The van der Waals surface area contributed by atoms with Gasteiger partial charge in [-0.1, -0.05) is 31.0 Å². The normalized spacial score (nSPS) is 18.8. The van der Waals surface area contributed by atoms with Crippen LogP contribution in [0.5, 0.6) is 0 Å². The van der Waals surface area contributed by atoms with Crippen molar-refractivity contribution in [3.63, 3.8) is 0 Å². The van der Waals surface area contributed by atoms with Gasteiger partial charge in [-0.3, -0.25) is 14.4 Å². The zero-order chi connectivity index (χ0) is 21.1. The molecule has 1 atom stereocenters. The van der Waals surface area contributed by atoms with E-state index in [1.165, 1.54) is 16.8 Å². The molecule has 2 aliphatic rings. The number of likely N-dealkylation sites (tertiary alicyclic amines) is 1. The summed E-state index contributed by atoms with van der Waals surface area (Å²) < 4.78 is 1.25. The molecule has 4 rings (SSSR count). The number of hydrogen-bond acceptors (Lipinski definition) is 4. The van der Waals surface area contributed by atoms with Crippen LogP contribution in [0, 0.1) is 0 Å². The number of benzene rings is 1. The maximum atomic E-state index is 13.2. The Kier molecular flexibility index (Phi) is 5.97. The zero-order valence-corrected chi connectivity index (χ0v) is 17.4. The summed E-state index contributed by atoms with van der Waals surface area (Å²) in [5.41, 5.74) is 1.95. The molecule has 0 saturated carbocycles. The smallest absolute Gasteiger partial charge is 0.278 e. The van der Waals surface area contributed by atoms with Crippen molar-refractivity contribution in [3.8, 4) is 0 Å². The first-order valence-electron chi connectivity index (χ1n) is 10.8. The molecule has 1 aromatic carbocycles. The number of carbonyl (C=O) groups excluding carboxylic acids is 2. The molecule has 1 aromatic heterocycles. The lowest BCUT2D eigenvalue weighted by Gasteiger charge is -2.22. The molecule has 0 bridgehead atoms. The summed E-state index contributed by atoms with van der Waals surface area (Å²) in [6.07, 6.45) is 5.40. The van der Waals surface area contributed by atoms with Crippen LogP contribution in [0.2, 0.25) is 0 Å². The Morgan fingerprint density at radius 3 is 2.53 bits per heavy atom. The Balaban J connectivity index is 1.49. The van der Waals surface area contributed by atoms with Crippen LogP contribution in [0.1, 0.15) is 55.1 Å². The molecule has 0 aliphatic carbocycles. The van der Waals surface area contributed by atoms with Gasteiger partial charge in [0.25, 0.3) is 11.5 Å². The van der Waals surface area contributed by atoms with Crippen molar-refractivity contribution in [2.24, 2.45) is 0 Å².